The molecule has 0 saturated carbocycles. The van der Waals surface area contributed by atoms with Crippen LogP contribution in [0.15, 0.2) is 30.3 Å². The molecular weight excluding hydrogens is 316 g/mol. The molecule has 3 rings (SSSR count). The predicted octanol–water partition coefficient (Wildman–Crippen LogP) is 3.19. The maximum Gasteiger partial charge on any atom is 0.0991 e. The van der Waals surface area contributed by atoms with E-state index in [4.69, 9.17) is 5.26 Å². The van der Waals surface area contributed by atoms with Crippen molar-refractivity contribution in [1.82, 2.24) is 4.57 Å². The normalized spacial score (nSPS) is 10.9. The summed E-state index contributed by atoms with van der Waals surface area (Å²) in [5.74, 6) is 22.4. The lowest BCUT2D eigenvalue weighted by atomic mass is 9.98. The van der Waals surface area contributed by atoms with E-state index in [0.717, 1.165) is 24.1 Å². The Bertz CT molecular complexity index is 1110. The topological polar surface area (TPSA) is 28.7 Å². The summed E-state index contributed by atoms with van der Waals surface area (Å²) in [4.78, 5) is 0. The number of aromatic nitrogens is 1. The highest BCUT2D eigenvalue weighted by molar-refractivity contribution is 5.47. The van der Waals surface area contributed by atoms with Gasteiger partial charge in [0.25, 0.3) is 0 Å². The lowest BCUT2D eigenvalue weighted by Crippen LogP contribution is -2.05. The molecule has 0 amide bonds. The zero-order valence-electron chi connectivity index (χ0n) is 14.6. The minimum atomic E-state index is 0.616. The molecule has 1 heterocycles. The smallest absolute Gasteiger partial charge is 0.0991 e. The number of rotatable bonds is 0. The first-order valence-electron chi connectivity index (χ1n) is 8.47. The van der Waals surface area contributed by atoms with Gasteiger partial charge in [-0.1, -0.05) is 5.92 Å². The molecule has 1 aliphatic rings. The number of aryl methyl sites for hydroxylation is 1. The van der Waals surface area contributed by atoms with Gasteiger partial charge in [0.2, 0.25) is 0 Å². The Hall–Kier alpha value is -3.77. The highest BCUT2D eigenvalue weighted by atomic mass is 15.0. The molecule has 26 heavy (non-hydrogen) atoms. The molecule has 0 N–H and O–H groups in total. The zero-order chi connectivity index (χ0) is 18.2. The van der Waals surface area contributed by atoms with E-state index in [2.05, 4.69) is 71.1 Å². The maximum absolute atomic E-state index is 8.74. The van der Waals surface area contributed by atoms with Gasteiger partial charge in [-0.3, -0.25) is 0 Å². The van der Waals surface area contributed by atoms with Crippen LogP contribution in [-0.2, 0) is 19.9 Å². The molecular formula is C24H16N2. The molecule has 0 unspecified atom stereocenters. The summed E-state index contributed by atoms with van der Waals surface area (Å²) < 4.78 is 2.18. The molecule has 1 aliphatic carbocycles. The third-order valence-electron chi connectivity index (χ3n) is 4.28. The standard InChI is InChI=1S/C24H16N2/c1-26-23(18-22-11-8-9-13-24(22)26)12-7-5-3-2-4-6-10-20-14-16-21(19-25)17-15-20/h14-18H,8-9,11,13H2,1H3. The third-order valence-corrected chi connectivity index (χ3v) is 4.28. The molecule has 0 saturated heterocycles. The van der Waals surface area contributed by atoms with E-state index < -0.39 is 0 Å². The Kier molecular flexibility index (Phi) is 5.49. The Morgan fingerprint density at radius 2 is 1.42 bits per heavy atom. The average Bonchev–Trinajstić information content (AvgIpc) is 3.00. The van der Waals surface area contributed by atoms with Crippen molar-refractivity contribution in [3.8, 4) is 53.4 Å². The monoisotopic (exact) mass is 332 g/mol. The second kappa shape index (κ2) is 8.36. The van der Waals surface area contributed by atoms with E-state index in [1.807, 2.05) is 0 Å². The van der Waals surface area contributed by atoms with Gasteiger partial charge in [-0.25, -0.2) is 0 Å². The zero-order valence-corrected chi connectivity index (χ0v) is 14.6. The molecule has 1 aromatic carbocycles. The fourth-order valence-corrected chi connectivity index (χ4v) is 2.93. The molecule has 1 aromatic heterocycles. The summed E-state index contributed by atoms with van der Waals surface area (Å²) in [5, 5.41) is 8.74. The van der Waals surface area contributed by atoms with Crippen LogP contribution in [0.3, 0.4) is 0 Å². The Balaban J connectivity index is 1.62. The fourth-order valence-electron chi connectivity index (χ4n) is 2.93. The second-order valence-corrected chi connectivity index (χ2v) is 5.96. The summed E-state index contributed by atoms with van der Waals surface area (Å²) >= 11 is 0. The molecule has 0 aliphatic heterocycles. The molecule has 0 spiro atoms. The van der Waals surface area contributed by atoms with Crippen LogP contribution >= 0.6 is 0 Å². The van der Waals surface area contributed by atoms with Crippen LogP contribution in [0.1, 0.15) is 40.9 Å². The van der Waals surface area contributed by atoms with Gasteiger partial charge in [0.05, 0.1) is 17.3 Å². The van der Waals surface area contributed by atoms with Gasteiger partial charge in [-0.15, -0.1) is 0 Å². The average molecular weight is 332 g/mol. The van der Waals surface area contributed by atoms with Crippen molar-refractivity contribution in [3.05, 3.63) is 58.4 Å². The highest BCUT2D eigenvalue weighted by Crippen LogP contribution is 2.23. The first-order valence-corrected chi connectivity index (χ1v) is 8.47. The molecule has 0 radical (unpaired) electrons. The molecule has 2 heteroatoms. The number of fused-ring (bicyclic) bond motifs is 1. The summed E-state index contributed by atoms with van der Waals surface area (Å²) in [5.41, 5.74) is 5.28. The van der Waals surface area contributed by atoms with Crippen molar-refractivity contribution in [2.45, 2.75) is 25.7 Å². The number of hydrogen-bond donors (Lipinski definition) is 0. The molecule has 2 aromatic rings. The van der Waals surface area contributed by atoms with Crippen LogP contribution in [-0.4, -0.2) is 4.57 Å². The fraction of sp³-hybridized carbons (Fsp3) is 0.208. The lowest BCUT2D eigenvalue weighted by molar-refractivity contribution is 0.647. The van der Waals surface area contributed by atoms with Gasteiger partial charge in [-0.05, 0) is 103 Å². The molecule has 2 nitrogen and oxygen atoms in total. The Morgan fingerprint density at radius 1 is 0.808 bits per heavy atom. The van der Waals surface area contributed by atoms with Gasteiger partial charge >= 0.3 is 0 Å². The molecule has 0 bridgehead atoms. The van der Waals surface area contributed by atoms with Crippen molar-refractivity contribution in [2.75, 3.05) is 0 Å². The minimum Gasteiger partial charge on any atom is -0.341 e. The largest absolute Gasteiger partial charge is 0.341 e. The number of nitriles is 1. The maximum atomic E-state index is 8.74. The van der Waals surface area contributed by atoms with Crippen LogP contribution in [0.25, 0.3) is 0 Å². The quantitative estimate of drug-likeness (QED) is 0.681. The van der Waals surface area contributed by atoms with Gasteiger partial charge in [-0.2, -0.15) is 5.26 Å². The molecule has 0 atom stereocenters. The first kappa shape index (κ1) is 17.1. The van der Waals surface area contributed by atoms with E-state index in [9.17, 15) is 0 Å². The lowest BCUT2D eigenvalue weighted by Gasteiger charge is -2.12. The molecule has 122 valence electrons. The van der Waals surface area contributed by atoms with Crippen LogP contribution in [0, 0.1) is 58.7 Å². The van der Waals surface area contributed by atoms with Crippen molar-refractivity contribution in [2.24, 2.45) is 7.05 Å². The summed E-state index contributed by atoms with van der Waals surface area (Å²) in [6.07, 6.45) is 4.82. The van der Waals surface area contributed by atoms with E-state index in [1.165, 1.54) is 24.1 Å². The van der Waals surface area contributed by atoms with Crippen LogP contribution in [0.5, 0.6) is 0 Å². The van der Waals surface area contributed by atoms with Gasteiger partial charge < -0.3 is 4.57 Å². The van der Waals surface area contributed by atoms with Crippen LogP contribution < -0.4 is 0 Å². The predicted molar refractivity (Wildman–Crippen MR) is 103 cm³/mol. The molecule has 0 fully saturated rings. The van der Waals surface area contributed by atoms with Crippen molar-refractivity contribution in [1.29, 1.82) is 5.26 Å². The Morgan fingerprint density at radius 3 is 2.12 bits per heavy atom. The van der Waals surface area contributed by atoms with E-state index >= 15 is 0 Å². The van der Waals surface area contributed by atoms with Gasteiger partial charge in [0.1, 0.15) is 0 Å². The van der Waals surface area contributed by atoms with Crippen LogP contribution in [0.2, 0.25) is 0 Å². The van der Waals surface area contributed by atoms with Crippen molar-refractivity contribution >= 4 is 0 Å². The summed E-state index contributed by atoms with van der Waals surface area (Å²) in [6.45, 7) is 0. The van der Waals surface area contributed by atoms with Gasteiger partial charge in [0.15, 0.2) is 0 Å². The Labute approximate surface area is 154 Å². The minimum absolute atomic E-state index is 0.616. The third kappa shape index (κ3) is 4.19. The SMILES string of the molecule is Cn1c(C#CC#CC#CC#Cc2ccc(C#N)cc2)cc2c1CCCC2. The van der Waals surface area contributed by atoms with Crippen molar-refractivity contribution < 1.29 is 0 Å². The summed E-state index contributed by atoms with van der Waals surface area (Å²) in [7, 11) is 2.07. The van der Waals surface area contributed by atoms with E-state index in [1.54, 1.807) is 24.3 Å². The van der Waals surface area contributed by atoms with Crippen molar-refractivity contribution in [3.63, 3.8) is 0 Å². The first-order chi connectivity index (χ1) is 12.8. The number of hydrogen-bond acceptors (Lipinski definition) is 1. The number of nitrogens with zero attached hydrogens (tertiary/aromatic N) is 2. The number of benzene rings is 1. The van der Waals surface area contributed by atoms with Gasteiger partial charge in [0, 0.05) is 18.3 Å². The second-order valence-electron chi connectivity index (χ2n) is 5.96. The summed E-state index contributed by atoms with van der Waals surface area (Å²) in [6, 6.07) is 11.3. The van der Waals surface area contributed by atoms with E-state index in [-0.39, 0.29) is 0 Å². The highest BCUT2D eigenvalue weighted by Gasteiger charge is 2.14. The van der Waals surface area contributed by atoms with E-state index in [0.29, 0.717) is 5.56 Å². The van der Waals surface area contributed by atoms with Crippen LogP contribution in [0.4, 0.5) is 0 Å².